The number of nitrogens with zero attached hydrogens (tertiary/aromatic N) is 1. The van der Waals surface area contributed by atoms with E-state index in [-0.39, 0.29) is 29.4 Å². The lowest BCUT2D eigenvalue weighted by atomic mass is 9.89. The highest BCUT2D eigenvalue weighted by Gasteiger charge is 2.39. The summed E-state index contributed by atoms with van der Waals surface area (Å²) in [6, 6.07) is 24.4. The molecule has 1 fully saturated rings. The molecule has 0 amide bonds. The summed E-state index contributed by atoms with van der Waals surface area (Å²) in [5.41, 5.74) is 3.25. The number of piperidine rings is 1. The van der Waals surface area contributed by atoms with Gasteiger partial charge in [0, 0.05) is 12.6 Å². The Morgan fingerprint density at radius 1 is 0.943 bits per heavy atom. The van der Waals surface area contributed by atoms with Crippen LogP contribution in [-0.2, 0) is 26.0 Å². The minimum Gasteiger partial charge on any atom is -0.497 e. The molecule has 4 rings (SSSR count). The first kappa shape index (κ1) is 24.9. The molecule has 0 bridgehead atoms. The Kier molecular flexibility index (Phi) is 7.88. The molecule has 2 atom stereocenters. The second kappa shape index (κ2) is 11.1. The number of hydrogen-bond donors (Lipinski definition) is 0. The molecule has 3 aromatic rings. The van der Waals surface area contributed by atoms with Crippen LogP contribution >= 0.6 is 0 Å². The number of carbonyl (C=O) groups excluding carboxylic acids is 1. The smallest absolute Gasteiger partial charge is 0.309 e. The standard InChI is InChI=1S/C28H31NO5S/c1-3-34-28(30)24-17-18-29(35(31,32)27-15-13-26(33-2)14-16-27)25(20-24)19-21-9-11-23(12-10-21)22-7-5-4-6-8-22/h4-16,24-25H,3,17-20H2,1-2H3. The Labute approximate surface area is 207 Å². The molecule has 2 unspecified atom stereocenters. The van der Waals surface area contributed by atoms with E-state index in [1.54, 1.807) is 42.6 Å². The topological polar surface area (TPSA) is 72.9 Å². The second-order valence-corrected chi connectivity index (χ2v) is 10.6. The van der Waals surface area contributed by atoms with E-state index in [1.807, 2.05) is 30.3 Å². The van der Waals surface area contributed by atoms with Gasteiger partial charge in [0.25, 0.3) is 0 Å². The maximum absolute atomic E-state index is 13.6. The van der Waals surface area contributed by atoms with E-state index in [9.17, 15) is 13.2 Å². The summed E-state index contributed by atoms with van der Waals surface area (Å²) >= 11 is 0. The summed E-state index contributed by atoms with van der Waals surface area (Å²) in [6.07, 6.45) is 1.38. The highest BCUT2D eigenvalue weighted by Crippen LogP contribution is 2.32. The number of carbonyl (C=O) groups is 1. The normalized spacial score (nSPS) is 18.7. The van der Waals surface area contributed by atoms with Crippen LogP contribution in [0.15, 0.2) is 83.8 Å². The first-order valence-corrected chi connectivity index (χ1v) is 13.3. The van der Waals surface area contributed by atoms with E-state index in [0.29, 0.717) is 31.6 Å². The fourth-order valence-corrected chi connectivity index (χ4v) is 6.27. The molecule has 0 aromatic heterocycles. The second-order valence-electron chi connectivity index (χ2n) is 8.69. The molecule has 0 aliphatic carbocycles. The SMILES string of the molecule is CCOC(=O)C1CCN(S(=O)(=O)c2ccc(OC)cc2)C(Cc2ccc(-c3ccccc3)cc2)C1. The van der Waals surface area contributed by atoms with Gasteiger partial charge in [0.2, 0.25) is 10.0 Å². The number of benzene rings is 3. The molecule has 6 nitrogen and oxygen atoms in total. The largest absolute Gasteiger partial charge is 0.497 e. The Morgan fingerprint density at radius 3 is 2.23 bits per heavy atom. The summed E-state index contributed by atoms with van der Waals surface area (Å²) < 4.78 is 39.2. The predicted octanol–water partition coefficient (Wildman–Crippen LogP) is 4.94. The van der Waals surface area contributed by atoms with Gasteiger partial charge in [-0.1, -0.05) is 54.6 Å². The fourth-order valence-electron chi connectivity index (χ4n) is 4.62. The molecular formula is C28H31NO5S. The molecular weight excluding hydrogens is 462 g/mol. The van der Waals surface area contributed by atoms with Crippen molar-refractivity contribution in [2.24, 2.45) is 5.92 Å². The summed E-state index contributed by atoms with van der Waals surface area (Å²) in [5, 5.41) is 0. The molecule has 0 radical (unpaired) electrons. The van der Waals surface area contributed by atoms with Crippen LogP contribution in [0.2, 0.25) is 0 Å². The maximum Gasteiger partial charge on any atom is 0.309 e. The summed E-state index contributed by atoms with van der Waals surface area (Å²) in [7, 11) is -2.20. The molecule has 3 aromatic carbocycles. The van der Waals surface area contributed by atoms with Gasteiger partial charge < -0.3 is 9.47 Å². The van der Waals surface area contributed by atoms with Crippen molar-refractivity contribution in [2.75, 3.05) is 20.3 Å². The van der Waals surface area contributed by atoms with Gasteiger partial charge in [0.1, 0.15) is 5.75 Å². The number of rotatable bonds is 8. The van der Waals surface area contributed by atoms with E-state index in [2.05, 4.69) is 24.3 Å². The first-order chi connectivity index (χ1) is 16.9. The molecule has 1 saturated heterocycles. The first-order valence-electron chi connectivity index (χ1n) is 11.9. The van der Waals surface area contributed by atoms with Crippen LogP contribution in [0.25, 0.3) is 11.1 Å². The van der Waals surface area contributed by atoms with Crippen molar-refractivity contribution in [1.29, 1.82) is 0 Å². The van der Waals surface area contributed by atoms with Gasteiger partial charge in [-0.25, -0.2) is 8.42 Å². The van der Waals surface area contributed by atoms with Crippen LogP contribution in [0.4, 0.5) is 0 Å². The van der Waals surface area contributed by atoms with Crippen LogP contribution in [0.1, 0.15) is 25.3 Å². The summed E-state index contributed by atoms with van der Waals surface area (Å²) in [4.78, 5) is 12.7. The van der Waals surface area contributed by atoms with Gasteiger partial charge in [0.15, 0.2) is 0 Å². The molecule has 0 N–H and O–H groups in total. The molecule has 0 saturated carbocycles. The van der Waals surface area contributed by atoms with Gasteiger partial charge in [-0.2, -0.15) is 4.31 Å². The van der Waals surface area contributed by atoms with Crippen molar-refractivity contribution in [3.8, 4) is 16.9 Å². The van der Waals surface area contributed by atoms with E-state index >= 15 is 0 Å². The lowest BCUT2D eigenvalue weighted by Crippen LogP contribution is -2.48. The number of sulfonamides is 1. The average Bonchev–Trinajstić information content (AvgIpc) is 2.89. The third kappa shape index (κ3) is 5.74. The molecule has 0 spiro atoms. The zero-order chi connectivity index (χ0) is 24.8. The van der Waals surface area contributed by atoms with Crippen molar-refractivity contribution >= 4 is 16.0 Å². The Balaban J connectivity index is 1.59. The minimum atomic E-state index is -3.74. The van der Waals surface area contributed by atoms with E-state index in [4.69, 9.17) is 9.47 Å². The van der Waals surface area contributed by atoms with Gasteiger partial charge >= 0.3 is 5.97 Å². The molecule has 1 aliphatic heterocycles. The highest BCUT2D eigenvalue weighted by molar-refractivity contribution is 7.89. The summed E-state index contributed by atoms with van der Waals surface area (Å²) in [6.45, 7) is 2.37. The average molecular weight is 494 g/mol. The quantitative estimate of drug-likeness (QED) is 0.416. The number of ether oxygens (including phenoxy) is 2. The number of hydrogen-bond acceptors (Lipinski definition) is 5. The van der Waals surface area contributed by atoms with E-state index < -0.39 is 10.0 Å². The van der Waals surface area contributed by atoms with Gasteiger partial charge in [-0.15, -0.1) is 0 Å². The van der Waals surface area contributed by atoms with Crippen molar-refractivity contribution in [2.45, 2.75) is 37.1 Å². The Hall–Kier alpha value is -3.16. The zero-order valence-corrected chi connectivity index (χ0v) is 20.9. The van der Waals surface area contributed by atoms with E-state index in [0.717, 1.165) is 16.7 Å². The van der Waals surface area contributed by atoms with Gasteiger partial charge in [-0.05, 0) is 67.1 Å². The fraction of sp³-hybridized carbons (Fsp3) is 0.321. The third-order valence-electron chi connectivity index (χ3n) is 6.48. The van der Waals surface area contributed by atoms with Crippen molar-refractivity contribution < 1.29 is 22.7 Å². The highest BCUT2D eigenvalue weighted by atomic mass is 32.2. The molecule has 1 heterocycles. The molecule has 1 aliphatic rings. The molecule has 184 valence electrons. The Bertz CT molecular complexity index is 1220. The lowest BCUT2D eigenvalue weighted by Gasteiger charge is -2.38. The van der Waals surface area contributed by atoms with Crippen LogP contribution in [0.5, 0.6) is 5.75 Å². The minimum absolute atomic E-state index is 0.220. The van der Waals surface area contributed by atoms with Crippen LogP contribution < -0.4 is 4.74 Å². The molecule has 7 heteroatoms. The monoisotopic (exact) mass is 493 g/mol. The van der Waals surface area contributed by atoms with Crippen LogP contribution in [0, 0.1) is 5.92 Å². The lowest BCUT2D eigenvalue weighted by molar-refractivity contribution is -0.149. The summed E-state index contributed by atoms with van der Waals surface area (Å²) in [5.74, 6) is 0.0318. The van der Waals surface area contributed by atoms with Crippen LogP contribution in [0.3, 0.4) is 0 Å². The van der Waals surface area contributed by atoms with E-state index in [1.165, 1.54) is 0 Å². The zero-order valence-electron chi connectivity index (χ0n) is 20.1. The van der Waals surface area contributed by atoms with Crippen molar-refractivity contribution in [3.05, 3.63) is 84.4 Å². The van der Waals surface area contributed by atoms with Crippen LogP contribution in [-0.4, -0.2) is 45.0 Å². The number of methoxy groups -OCH3 is 1. The van der Waals surface area contributed by atoms with Crippen molar-refractivity contribution in [1.82, 2.24) is 4.31 Å². The third-order valence-corrected chi connectivity index (χ3v) is 8.45. The van der Waals surface area contributed by atoms with Gasteiger partial charge in [0.05, 0.1) is 24.5 Å². The van der Waals surface area contributed by atoms with Crippen molar-refractivity contribution in [3.63, 3.8) is 0 Å². The predicted molar refractivity (Wildman–Crippen MR) is 136 cm³/mol. The Morgan fingerprint density at radius 2 is 1.60 bits per heavy atom. The van der Waals surface area contributed by atoms with Gasteiger partial charge in [-0.3, -0.25) is 4.79 Å². The number of esters is 1. The molecule has 35 heavy (non-hydrogen) atoms. The maximum atomic E-state index is 13.6.